The van der Waals surface area contributed by atoms with Crippen molar-refractivity contribution < 1.29 is 14.3 Å². The first-order valence-corrected chi connectivity index (χ1v) is 6.18. The van der Waals surface area contributed by atoms with Crippen LogP contribution >= 0.6 is 0 Å². The van der Waals surface area contributed by atoms with Gasteiger partial charge < -0.3 is 4.74 Å². The van der Waals surface area contributed by atoms with Gasteiger partial charge in [0.2, 0.25) is 0 Å². The summed E-state index contributed by atoms with van der Waals surface area (Å²) >= 11 is 0. The predicted octanol–water partition coefficient (Wildman–Crippen LogP) is 2.77. The number of carbonyl (C=O) groups is 2. The normalized spacial score (nSPS) is 10.8. The van der Waals surface area contributed by atoms with Crippen molar-refractivity contribution in [2.75, 3.05) is 13.2 Å². The number of hydrogen-bond donors (Lipinski definition) is 0. The maximum Gasteiger partial charge on any atom is 0.140 e. The third kappa shape index (κ3) is 7.57. The summed E-state index contributed by atoms with van der Waals surface area (Å²) in [5.74, 6) is -0.365. The first-order chi connectivity index (χ1) is 7.59. The van der Waals surface area contributed by atoms with Crippen LogP contribution in [-0.4, -0.2) is 24.8 Å². The van der Waals surface area contributed by atoms with Crippen molar-refractivity contribution in [3.63, 3.8) is 0 Å². The molecule has 0 heterocycles. The summed E-state index contributed by atoms with van der Waals surface area (Å²) in [5, 5.41) is 0. The molecular weight excluding hydrogens is 204 g/mol. The van der Waals surface area contributed by atoms with Crippen molar-refractivity contribution in [3.8, 4) is 0 Å². The van der Waals surface area contributed by atoms with Crippen LogP contribution in [0.5, 0.6) is 0 Å². The standard InChI is InChI=1S/C13H24O3/c1-4-16-10-8-6-5-7-9-13(11(2)14)12(3)15/h13H,4-10H2,1-3H3. The molecule has 0 aromatic heterocycles. The quantitative estimate of drug-likeness (QED) is 0.426. The van der Waals surface area contributed by atoms with E-state index in [9.17, 15) is 9.59 Å². The Morgan fingerprint density at radius 2 is 1.56 bits per heavy atom. The molecule has 0 aliphatic heterocycles. The molecule has 0 aliphatic rings. The van der Waals surface area contributed by atoms with Gasteiger partial charge in [-0.05, 0) is 33.6 Å². The SMILES string of the molecule is CCOCCCCCCC(C(C)=O)C(C)=O. The molecule has 0 aromatic carbocycles. The molecule has 0 rings (SSSR count). The number of carbonyl (C=O) groups excluding carboxylic acids is 2. The van der Waals surface area contributed by atoms with Crippen molar-refractivity contribution >= 4 is 11.6 Å². The highest BCUT2D eigenvalue weighted by Crippen LogP contribution is 2.13. The molecule has 0 aliphatic carbocycles. The molecule has 0 N–H and O–H groups in total. The molecule has 0 spiro atoms. The molecule has 0 atom stereocenters. The van der Waals surface area contributed by atoms with Crippen LogP contribution in [0.3, 0.4) is 0 Å². The summed E-state index contributed by atoms with van der Waals surface area (Å²) in [4.78, 5) is 22.3. The van der Waals surface area contributed by atoms with Crippen molar-refractivity contribution in [3.05, 3.63) is 0 Å². The number of hydrogen-bond acceptors (Lipinski definition) is 3. The van der Waals surface area contributed by atoms with E-state index in [1.807, 2.05) is 6.92 Å². The molecule has 3 nitrogen and oxygen atoms in total. The van der Waals surface area contributed by atoms with Gasteiger partial charge in [0.1, 0.15) is 11.6 Å². The van der Waals surface area contributed by atoms with Crippen LogP contribution in [0.1, 0.15) is 52.9 Å². The van der Waals surface area contributed by atoms with Gasteiger partial charge in [0.25, 0.3) is 0 Å². The number of rotatable bonds is 10. The molecule has 0 radical (unpaired) electrons. The van der Waals surface area contributed by atoms with Crippen LogP contribution in [0, 0.1) is 5.92 Å². The first-order valence-electron chi connectivity index (χ1n) is 6.18. The Balaban J connectivity index is 3.48. The summed E-state index contributed by atoms with van der Waals surface area (Å²) in [6.07, 6.45) is 4.92. The number of unbranched alkanes of at least 4 members (excludes halogenated alkanes) is 3. The van der Waals surface area contributed by atoms with E-state index in [-0.39, 0.29) is 17.5 Å². The molecule has 0 saturated carbocycles. The Labute approximate surface area is 98.6 Å². The molecular formula is C13H24O3. The Morgan fingerprint density at radius 3 is 2.06 bits per heavy atom. The van der Waals surface area contributed by atoms with Gasteiger partial charge in [0.15, 0.2) is 0 Å². The van der Waals surface area contributed by atoms with Crippen LogP contribution in [0.4, 0.5) is 0 Å². The zero-order valence-electron chi connectivity index (χ0n) is 10.8. The molecule has 0 fully saturated rings. The molecule has 0 amide bonds. The third-order valence-electron chi connectivity index (χ3n) is 2.72. The van der Waals surface area contributed by atoms with E-state index in [0.717, 1.165) is 38.9 Å². The van der Waals surface area contributed by atoms with E-state index in [4.69, 9.17) is 4.74 Å². The Bertz CT molecular complexity index is 197. The lowest BCUT2D eigenvalue weighted by atomic mass is 9.94. The minimum absolute atomic E-state index is 0.00168. The minimum atomic E-state index is -0.369. The van der Waals surface area contributed by atoms with Gasteiger partial charge in [-0.3, -0.25) is 9.59 Å². The Kier molecular flexibility index (Phi) is 9.10. The molecule has 0 saturated heterocycles. The highest BCUT2D eigenvalue weighted by molar-refractivity contribution is 6.00. The van der Waals surface area contributed by atoms with Gasteiger partial charge in [-0.25, -0.2) is 0 Å². The van der Waals surface area contributed by atoms with Crippen molar-refractivity contribution in [1.82, 2.24) is 0 Å². The van der Waals surface area contributed by atoms with Crippen LogP contribution in [0.15, 0.2) is 0 Å². The van der Waals surface area contributed by atoms with E-state index >= 15 is 0 Å². The smallest absolute Gasteiger partial charge is 0.140 e. The van der Waals surface area contributed by atoms with E-state index in [0.29, 0.717) is 6.42 Å². The van der Waals surface area contributed by atoms with Crippen LogP contribution in [-0.2, 0) is 14.3 Å². The highest BCUT2D eigenvalue weighted by atomic mass is 16.5. The third-order valence-corrected chi connectivity index (χ3v) is 2.72. The van der Waals surface area contributed by atoms with Crippen molar-refractivity contribution in [2.24, 2.45) is 5.92 Å². The second-order valence-corrected chi connectivity index (χ2v) is 4.17. The van der Waals surface area contributed by atoms with E-state index in [2.05, 4.69) is 0 Å². The summed E-state index contributed by atoms with van der Waals surface area (Å²) in [5.41, 5.74) is 0. The fraction of sp³-hybridized carbons (Fsp3) is 0.846. The molecule has 0 bridgehead atoms. The largest absolute Gasteiger partial charge is 0.382 e. The number of Topliss-reactive ketones (excluding diaryl/α,β-unsaturated/α-hetero) is 2. The Hall–Kier alpha value is -0.700. The monoisotopic (exact) mass is 228 g/mol. The summed E-state index contributed by atoms with van der Waals surface area (Å²) in [6.45, 7) is 6.59. The van der Waals surface area contributed by atoms with Crippen LogP contribution in [0.2, 0.25) is 0 Å². The maximum atomic E-state index is 11.1. The van der Waals surface area contributed by atoms with Gasteiger partial charge in [0, 0.05) is 13.2 Å². The molecule has 16 heavy (non-hydrogen) atoms. The lowest BCUT2D eigenvalue weighted by Gasteiger charge is -2.09. The van der Waals surface area contributed by atoms with E-state index < -0.39 is 0 Å². The van der Waals surface area contributed by atoms with Gasteiger partial charge in [-0.15, -0.1) is 0 Å². The van der Waals surface area contributed by atoms with Gasteiger partial charge in [0.05, 0.1) is 5.92 Å². The molecule has 3 heteroatoms. The second kappa shape index (κ2) is 9.52. The van der Waals surface area contributed by atoms with Crippen LogP contribution in [0.25, 0.3) is 0 Å². The van der Waals surface area contributed by atoms with Crippen LogP contribution < -0.4 is 0 Å². The predicted molar refractivity (Wildman–Crippen MR) is 64.4 cm³/mol. The van der Waals surface area contributed by atoms with Gasteiger partial charge in [-0.2, -0.15) is 0 Å². The Morgan fingerprint density at radius 1 is 1.00 bits per heavy atom. The first kappa shape index (κ1) is 15.3. The fourth-order valence-corrected chi connectivity index (χ4v) is 1.74. The second-order valence-electron chi connectivity index (χ2n) is 4.17. The van der Waals surface area contributed by atoms with Crippen molar-refractivity contribution in [1.29, 1.82) is 0 Å². The average Bonchev–Trinajstić information content (AvgIpc) is 2.21. The zero-order valence-corrected chi connectivity index (χ0v) is 10.8. The molecule has 94 valence electrons. The average molecular weight is 228 g/mol. The maximum absolute atomic E-state index is 11.1. The number of ketones is 2. The summed E-state index contributed by atoms with van der Waals surface area (Å²) in [7, 11) is 0. The minimum Gasteiger partial charge on any atom is -0.382 e. The number of ether oxygens (including phenoxy) is 1. The van der Waals surface area contributed by atoms with E-state index in [1.165, 1.54) is 13.8 Å². The van der Waals surface area contributed by atoms with Crippen molar-refractivity contribution in [2.45, 2.75) is 52.9 Å². The summed E-state index contributed by atoms with van der Waals surface area (Å²) < 4.78 is 5.23. The fourth-order valence-electron chi connectivity index (χ4n) is 1.74. The molecule has 0 aromatic rings. The summed E-state index contributed by atoms with van der Waals surface area (Å²) in [6, 6.07) is 0. The molecule has 0 unspecified atom stereocenters. The van der Waals surface area contributed by atoms with Gasteiger partial charge in [-0.1, -0.05) is 19.3 Å². The highest BCUT2D eigenvalue weighted by Gasteiger charge is 2.18. The topological polar surface area (TPSA) is 43.4 Å². The van der Waals surface area contributed by atoms with Gasteiger partial charge >= 0.3 is 0 Å². The lowest BCUT2D eigenvalue weighted by molar-refractivity contribution is -0.130. The lowest BCUT2D eigenvalue weighted by Crippen LogP contribution is -2.19. The van der Waals surface area contributed by atoms with E-state index in [1.54, 1.807) is 0 Å². The zero-order chi connectivity index (χ0) is 12.4.